The molecular formula is C12H28O4. The molecule has 4 nitrogen and oxygen atoms in total. The molecule has 0 aliphatic carbocycles. The summed E-state index contributed by atoms with van der Waals surface area (Å²) in [6, 6.07) is 0. The molecule has 0 aliphatic rings. The van der Waals surface area contributed by atoms with Gasteiger partial charge in [-0.25, -0.2) is 0 Å². The van der Waals surface area contributed by atoms with Crippen molar-refractivity contribution >= 4 is 0 Å². The second-order valence-electron chi connectivity index (χ2n) is 3.43. The second-order valence-corrected chi connectivity index (χ2v) is 3.43. The summed E-state index contributed by atoms with van der Waals surface area (Å²) in [6.07, 6.45) is -0.0742. The fourth-order valence-corrected chi connectivity index (χ4v) is 0.905. The maximum atomic E-state index is 8.56. The fraction of sp³-hybridized carbons (Fsp3) is 1.00. The van der Waals surface area contributed by atoms with Crippen LogP contribution in [-0.4, -0.2) is 50.3 Å². The van der Waals surface area contributed by atoms with Gasteiger partial charge in [-0.05, 0) is 34.6 Å². The van der Waals surface area contributed by atoms with Crippen LogP contribution in [0.5, 0.6) is 0 Å². The zero-order valence-electron chi connectivity index (χ0n) is 11.4. The Morgan fingerprint density at radius 1 is 0.875 bits per heavy atom. The van der Waals surface area contributed by atoms with Crippen molar-refractivity contribution in [3.8, 4) is 0 Å². The Kier molecular flexibility index (Phi) is 16.9. The molecule has 0 bridgehead atoms. The van der Waals surface area contributed by atoms with Gasteiger partial charge in [-0.3, -0.25) is 0 Å². The van der Waals surface area contributed by atoms with Crippen molar-refractivity contribution in [2.45, 2.75) is 46.8 Å². The quantitative estimate of drug-likeness (QED) is 0.698. The molecule has 0 saturated heterocycles. The molecule has 1 N–H and O–H groups in total. The molecule has 0 spiro atoms. The highest BCUT2D eigenvalue weighted by Crippen LogP contribution is 1.90. The molecular weight excluding hydrogens is 208 g/mol. The minimum Gasteiger partial charge on any atom is -0.391 e. The van der Waals surface area contributed by atoms with Gasteiger partial charge in [-0.15, -0.1) is 0 Å². The zero-order chi connectivity index (χ0) is 12.8. The first-order valence-electron chi connectivity index (χ1n) is 6.03. The van der Waals surface area contributed by atoms with E-state index in [0.29, 0.717) is 19.8 Å². The molecule has 2 unspecified atom stereocenters. The van der Waals surface area contributed by atoms with E-state index in [-0.39, 0.29) is 12.2 Å². The standard InChI is InChI=1S/C7H16O2.C5H12O2/c1-4-8-6-7(3)9-5-2;1-3-7-4-5(2)6/h7H,4-6H2,1-3H3;5-6H,3-4H2,1-2H3. The van der Waals surface area contributed by atoms with Crippen LogP contribution in [0.3, 0.4) is 0 Å². The van der Waals surface area contributed by atoms with Crippen LogP contribution in [0.25, 0.3) is 0 Å². The van der Waals surface area contributed by atoms with Gasteiger partial charge in [0.1, 0.15) is 0 Å². The highest BCUT2D eigenvalue weighted by atomic mass is 16.5. The van der Waals surface area contributed by atoms with Crippen molar-refractivity contribution in [1.29, 1.82) is 0 Å². The van der Waals surface area contributed by atoms with E-state index in [1.807, 2.05) is 27.7 Å². The van der Waals surface area contributed by atoms with E-state index in [4.69, 9.17) is 19.3 Å². The van der Waals surface area contributed by atoms with Gasteiger partial charge in [-0.1, -0.05) is 0 Å². The Labute approximate surface area is 99.9 Å². The highest BCUT2D eigenvalue weighted by molar-refractivity contribution is 4.44. The summed E-state index contributed by atoms with van der Waals surface area (Å²) in [5.41, 5.74) is 0. The Morgan fingerprint density at radius 3 is 1.69 bits per heavy atom. The highest BCUT2D eigenvalue weighted by Gasteiger charge is 1.97. The molecule has 0 aromatic carbocycles. The number of hydrogen-bond donors (Lipinski definition) is 1. The largest absolute Gasteiger partial charge is 0.391 e. The van der Waals surface area contributed by atoms with Gasteiger partial charge in [0.2, 0.25) is 0 Å². The van der Waals surface area contributed by atoms with Crippen molar-refractivity contribution in [3.63, 3.8) is 0 Å². The molecule has 100 valence electrons. The van der Waals surface area contributed by atoms with Crippen LogP contribution in [0.2, 0.25) is 0 Å². The monoisotopic (exact) mass is 236 g/mol. The molecule has 4 heteroatoms. The molecule has 0 aliphatic heterocycles. The molecule has 2 atom stereocenters. The minimum atomic E-state index is -0.319. The topological polar surface area (TPSA) is 47.9 Å². The molecule has 0 fully saturated rings. The summed E-state index contributed by atoms with van der Waals surface area (Å²) >= 11 is 0. The molecule has 16 heavy (non-hydrogen) atoms. The van der Waals surface area contributed by atoms with Gasteiger partial charge in [0, 0.05) is 19.8 Å². The average molecular weight is 236 g/mol. The van der Waals surface area contributed by atoms with E-state index in [0.717, 1.165) is 13.2 Å². The lowest BCUT2D eigenvalue weighted by Crippen LogP contribution is -2.15. The number of hydrogen-bond acceptors (Lipinski definition) is 4. The van der Waals surface area contributed by atoms with E-state index in [9.17, 15) is 0 Å². The molecule has 0 radical (unpaired) electrons. The van der Waals surface area contributed by atoms with E-state index in [1.54, 1.807) is 6.92 Å². The van der Waals surface area contributed by atoms with Gasteiger partial charge in [-0.2, -0.15) is 0 Å². The second kappa shape index (κ2) is 14.8. The zero-order valence-corrected chi connectivity index (χ0v) is 11.4. The predicted octanol–water partition coefficient (Wildman–Crippen LogP) is 1.85. The summed E-state index contributed by atoms with van der Waals surface area (Å²) in [5.74, 6) is 0. The van der Waals surface area contributed by atoms with Crippen LogP contribution in [0, 0.1) is 0 Å². The maximum Gasteiger partial charge on any atom is 0.0780 e. The van der Waals surface area contributed by atoms with Crippen molar-refractivity contribution < 1.29 is 19.3 Å². The smallest absolute Gasteiger partial charge is 0.0780 e. The summed E-state index contributed by atoms with van der Waals surface area (Å²) in [7, 11) is 0. The van der Waals surface area contributed by atoms with Gasteiger partial charge in [0.05, 0.1) is 25.4 Å². The molecule has 0 heterocycles. The van der Waals surface area contributed by atoms with Crippen LogP contribution in [0.15, 0.2) is 0 Å². The van der Waals surface area contributed by atoms with E-state index >= 15 is 0 Å². The maximum absolute atomic E-state index is 8.56. The van der Waals surface area contributed by atoms with Gasteiger partial charge in [0.15, 0.2) is 0 Å². The molecule has 0 aromatic rings. The third-order valence-corrected chi connectivity index (χ3v) is 1.57. The summed E-state index contributed by atoms with van der Waals surface area (Å²) in [4.78, 5) is 0. The molecule has 0 amide bonds. The van der Waals surface area contributed by atoms with Crippen LogP contribution in [0.1, 0.15) is 34.6 Å². The SMILES string of the molecule is CCOCC(C)O.CCOCC(C)OCC. The van der Waals surface area contributed by atoms with Crippen molar-refractivity contribution in [2.24, 2.45) is 0 Å². The lowest BCUT2D eigenvalue weighted by atomic mass is 10.4. The van der Waals surface area contributed by atoms with Crippen LogP contribution in [-0.2, 0) is 14.2 Å². The number of ether oxygens (including phenoxy) is 3. The lowest BCUT2D eigenvalue weighted by Gasteiger charge is -2.09. The fourth-order valence-electron chi connectivity index (χ4n) is 0.905. The Balaban J connectivity index is 0. The normalized spacial score (nSPS) is 13.9. The first kappa shape index (κ1) is 18.2. The number of aliphatic hydroxyl groups is 1. The summed E-state index contributed by atoms with van der Waals surface area (Å²) < 4.78 is 15.2. The van der Waals surface area contributed by atoms with E-state index in [2.05, 4.69) is 0 Å². The third kappa shape index (κ3) is 19.4. The van der Waals surface area contributed by atoms with Crippen molar-refractivity contribution in [2.75, 3.05) is 33.0 Å². The van der Waals surface area contributed by atoms with E-state index in [1.165, 1.54) is 0 Å². The summed E-state index contributed by atoms with van der Waals surface area (Å²) in [6.45, 7) is 13.0. The average Bonchev–Trinajstić information content (AvgIpc) is 2.25. The predicted molar refractivity (Wildman–Crippen MR) is 65.8 cm³/mol. The lowest BCUT2D eigenvalue weighted by molar-refractivity contribution is 0.00215. The Hall–Kier alpha value is -0.160. The first-order valence-corrected chi connectivity index (χ1v) is 6.03. The minimum absolute atomic E-state index is 0.245. The van der Waals surface area contributed by atoms with Crippen molar-refractivity contribution in [3.05, 3.63) is 0 Å². The van der Waals surface area contributed by atoms with Gasteiger partial charge >= 0.3 is 0 Å². The van der Waals surface area contributed by atoms with Gasteiger partial charge < -0.3 is 19.3 Å². The van der Waals surface area contributed by atoms with Gasteiger partial charge in [0.25, 0.3) is 0 Å². The van der Waals surface area contributed by atoms with Crippen LogP contribution >= 0.6 is 0 Å². The Bertz CT molecular complexity index is 118. The summed E-state index contributed by atoms with van der Waals surface area (Å²) in [5, 5.41) is 8.56. The molecule has 0 aromatic heterocycles. The number of rotatable bonds is 8. The van der Waals surface area contributed by atoms with E-state index < -0.39 is 0 Å². The van der Waals surface area contributed by atoms with Crippen LogP contribution < -0.4 is 0 Å². The number of aliphatic hydroxyl groups excluding tert-OH is 1. The van der Waals surface area contributed by atoms with Crippen molar-refractivity contribution in [1.82, 2.24) is 0 Å². The third-order valence-electron chi connectivity index (χ3n) is 1.57. The Morgan fingerprint density at radius 2 is 1.38 bits per heavy atom. The first-order chi connectivity index (χ1) is 7.58. The molecule has 0 saturated carbocycles. The van der Waals surface area contributed by atoms with Crippen LogP contribution in [0.4, 0.5) is 0 Å². The molecule has 0 rings (SSSR count).